The van der Waals surface area contributed by atoms with Gasteiger partial charge in [-0.1, -0.05) is 60.7 Å². The van der Waals surface area contributed by atoms with E-state index >= 15 is 0 Å². The van der Waals surface area contributed by atoms with Crippen molar-refractivity contribution in [3.8, 4) is 11.5 Å². The SMILES string of the molecule is COc1cc(C)c(CCNC(=O)NC(c2ccccc2)c2ccccc2)cc1OC. The van der Waals surface area contributed by atoms with Crippen molar-refractivity contribution >= 4 is 6.03 Å². The predicted molar refractivity (Wildman–Crippen MR) is 119 cm³/mol. The number of hydrogen-bond donors (Lipinski definition) is 2. The number of nitrogens with one attached hydrogen (secondary N) is 2. The second-order valence-electron chi connectivity index (χ2n) is 7.04. The van der Waals surface area contributed by atoms with Crippen molar-refractivity contribution in [2.24, 2.45) is 0 Å². The molecule has 0 fully saturated rings. The maximum absolute atomic E-state index is 12.6. The van der Waals surface area contributed by atoms with Gasteiger partial charge in [0.15, 0.2) is 11.5 Å². The first-order valence-electron chi connectivity index (χ1n) is 9.98. The van der Waals surface area contributed by atoms with E-state index in [9.17, 15) is 4.79 Å². The number of methoxy groups -OCH3 is 2. The van der Waals surface area contributed by atoms with Crippen LogP contribution in [0.25, 0.3) is 0 Å². The van der Waals surface area contributed by atoms with Crippen LogP contribution in [0.2, 0.25) is 0 Å². The molecule has 3 aromatic rings. The van der Waals surface area contributed by atoms with E-state index in [1.165, 1.54) is 0 Å². The third-order valence-corrected chi connectivity index (χ3v) is 5.06. The van der Waals surface area contributed by atoms with Gasteiger partial charge in [-0.05, 0) is 47.7 Å². The van der Waals surface area contributed by atoms with Crippen LogP contribution in [0.1, 0.15) is 28.3 Å². The molecule has 0 heterocycles. The van der Waals surface area contributed by atoms with E-state index in [0.717, 1.165) is 22.3 Å². The van der Waals surface area contributed by atoms with Gasteiger partial charge < -0.3 is 20.1 Å². The molecule has 156 valence electrons. The van der Waals surface area contributed by atoms with Crippen molar-refractivity contribution in [3.63, 3.8) is 0 Å². The van der Waals surface area contributed by atoms with Gasteiger partial charge in [0.2, 0.25) is 0 Å². The predicted octanol–water partition coefficient (Wildman–Crippen LogP) is 4.64. The molecular formula is C25H28N2O3. The van der Waals surface area contributed by atoms with Crippen LogP contribution in [0.3, 0.4) is 0 Å². The number of amides is 2. The maximum atomic E-state index is 12.6. The number of ether oxygens (including phenoxy) is 2. The third kappa shape index (κ3) is 5.32. The number of carbonyl (C=O) groups is 1. The fourth-order valence-electron chi connectivity index (χ4n) is 3.43. The van der Waals surface area contributed by atoms with Crippen molar-refractivity contribution in [1.82, 2.24) is 10.6 Å². The largest absolute Gasteiger partial charge is 0.493 e. The molecule has 0 aromatic heterocycles. The molecule has 0 aliphatic heterocycles. The molecule has 0 saturated carbocycles. The summed E-state index contributed by atoms with van der Waals surface area (Å²) >= 11 is 0. The van der Waals surface area contributed by atoms with E-state index in [2.05, 4.69) is 10.6 Å². The molecule has 5 nitrogen and oxygen atoms in total. The summed E-state index contributed by atoms with van der Waals surface area (Å²) in [6.07, 6.45) is 0.695. The molecule has 0 aliphatic rings. The Hall–Kier alpha value is -3.47. The van der Waals surface area contributed by atoms with E-state index < -0.39 is 0 Å². The second-order valence-corrected chi connectivity index (χ2v) is 7.04. The number of hydrogen-bond acceptors (Lipinski definition) is 3. The van der Waals surface area contributed by atoms with Crippen LogP contribution in [0, 0.1) is 6.92 Å². The monoisotopic (exact) mass is 404 g/mol. The van der Waals surface area contributed by atoms with Crippen molar-refractivity contribution in [2.75, 3.05) is 20.8 Å². The normalized spacial score (nSPS) is 10.5. The van der Waals surface area contributed by atoms with Crippen LogP contribution >= 0.6 is 0 Å². The smallest absolute Gasteiger partial charge is 0.315 e. The van der Waals surface area contributed by atoms with Crippen molar-refractivity contribution in [3.05, 3.63) is 95.1 Å². The minimum absolute atomic E-state index is 0.203. The molecule has 0 unspecified atom stereocenters. The van der Waals surface area contributed by atoms with Crippen LogP contribution in [0.4, 0.5) is 4.79 Å². The Balaban J connectivity index is 1.64. The topological polar surface area (TPSA) is 59.6 Å². The zero-order valence-corrected chi connectivity index (χ0v) is 17.6. The van der Waals surface area contributed by atoms with Gasteiger partial charge in [0, 0.05) is 6.54 Å². The standard InChI is InChI=1S/C25H28N2O3/c1-18-16-22(29-2)23(30-3)17-21(18)14-15-26-25(28)27-24(19-10-6-4-7-11-19)20-12-8-5-9-13-20/h4-13,16-17,24H,14-15H2,1-3H3,(H2,26,27,28). The summed E-state index contributed by atoms with van der Waals surface area (Å²) in [7, 11) is 3.24. The summed E-state index contributed by atoms with van der Waals surface area (Å²) < 4.78 is 10.7. The van der Waals surface area contributed by atoms with Gasteiger partial charge in [-0.3, -0.25) is 0 Å². The van der Waals surface area contributed by atoms with Gasteiger partial charge in [0.1, 0.15) is 0 Å². The fraction of sp³-hybridized carbons (Fsp3) is 0.240. The number of carbonyl (C=O) groups excluding carboxylic acids is 1. The van der Waals surface area contributed by atoms with Gasteiger partial charge >= 0.3 is 6.03 Å². The number of rotatable bonds is 8. The molecule has 0 bridgehead atoms. The molecule has 2 amide bonds. The molecule has 30 heavy (non-hydrogen) atoms. The Morgan fingerprint density at radius 1 is 0.867 bits per heavy atom. The van der Waals surface area contributed by atoms with Crippen molar-refractivity contribution < 1.29 is 14.3 Å². The highest BCUT2D eigenvalue weighted by atomic mass is 16.5. The molecule has 3 aromatic carbocycles. The lowest BCUT2D eigenvalue weighted by Crippen LogP contribution is -2.39. The fourth-order valence-corrected chi connectivity index (χ4v) is 3.43. The molecule has 5 heteroatoms. The number of benzene rings is 3. The van der Waals surface area contributed by atoms with E-state index in [1.54, 1.807) is 14.2 Å². The third-order valence-electron chi connectivity index (χ3n) is 5.06. The van der Waals surface area contributed by atoms with Crippen molar-refractivity contribution in [2.45, 2.75) is 19.4 Å². The Bertz CT molecular complexity index is 919. The average Bonchev–Trinajstić information content (AvgIpc) is 2.79. The summed E-state index contributed by atoms with van der Waals surface area (Å²) in [5.74, 6) is 1.40. The Kier molecular flexibility index (Phi) is 7.33. The van der Waals surface area contributed by atoms with Crippen molar-refractivity contribution in [1.29, 1.82) is 0 Å². The van der Waals surface area contributed by atoms with E-state index in [1.807, 2.05) is 79.7 Å². The lowest BCUT2D eigenvalue weighted by molar-refractivity contribution is 0.239. The van der Waals surface area contributed by atoms with Crippen LogP contribution in [0.15, 0.2) is 72.8 Å². The number of urea groups is 1. The van der Waals surface area contributed by atoms with E-state index in [-0.39, 0.29) is 12.1 Å². The Labute approximate surface area is 178 Å². The minimum atomic E-state index is -0.213. The molecule has 0 atom stereocenters. The summed E-state index contributed by atoms with van der Waals surface area (Å²) in [6.45, 7) is 2.54. The first-order valence-corrected chi connectivity index (χ1v) is 9.98. The first kappa shape index (κ1) is 21.2. The van der Waals surface area contributed by atoms with Gasteiger partial charge in [-0.2, -0.15) is 0 Å². The van der Waals surface area contributed by atoms with Crippen LogP contribution in [-0.2, 0) is 6.42 Å². The molecule has 0 spiro atoms. The molecule has 3 rings (SSSR count). The first-order chi connectivity index (χ1) is 14.6. The summed E-state index contributed by atoms with van der Waals surface area (Å²) in [5, 5.41) is 6.07. The highest BCUT2D eigenvalue weighted by Crippen LogP contribution is 2.30. The Morgan fingerprint density at radius 3 is 1.93 bits per heavy atom. The molecule has 0 radical (unpaired) electrons. The molecule has 0 aliphatic carbocycles. The summed E-state index contributed by atoms with van der Waals surface area (Å²) in [5.41, 5.74) is 4.28. The summed E-state index contributed by atoms with van der Waals surface area (Å²) in [6, 6.07) is 23.4. The molecule has 0 saturated heterocycles. The zero-order valence-electron chi connectivity index (χ0n) is 17.6. The van der Waals surface area contributed by atoms with Crippen LogP contribution < -0.4 is 20.1 Å². The maximum Gasteiger partial charge on any atom is 0.315 e. The molecule has 2 N–H and O–H groups in total. The van der Waals surface area contributed by atoms with E-state index in [0.29, 0.717) is 24.5 Å². The van der Waals surface area contributed by atoms with Gasteiger partial charge in [0.25, 0.3) is 0 Å². The van der Waals surface area contributed by atoms with E-state index in [4.69, 9.17) is 9.47 Å². The average molecular weight is 405 g/mol. The van der Waals surface area contributed by atoms with Gasteiger partial charge in [-0.25, -0.2) is 4.79 Å². The lowest BCUT2D eigenvalue weighted by atomic mass is 9.99. The highest BCUT2D eigenvalue weighted by molar-refractivity contribution is 5.75. The quantitative estimate of drug-likeness (QED) is 0.575. The minimum Gasteiger partial charge on any atom is -0.493 e. The lowest BCUT2D eigenvalue weighted by Gasteiger charge is -2.20. The highest BCUT2D eigenvalue weighted by Gasteiger charge is 2.16. The molecular weight excluding hydrogens is 376 g/mol. The van der Waals surface area contributed by atoms with Crippen LogP contribution in [0.5, 0.6) is 11.5 Å². The summed E-state index contributed by atoms with van der Waals surface area (Å²) in [4.78, 5) is 12.6. The van der Waals surface area contributed by atoms with Crippen LogP contribution in [-0.4, -0.2) is 26.8 Å². The second kappa shape index (κ2) is 10.3. The zero-order chi connectivity index (χ0) is 21.3. The Morgan fingerprint density at radius 2 is 1.40 bits per heavy atom. The number of aryl methyl sites for hydroxylation is 1. The van der Waals surface area contributed by atoms with Gasteiger partial charge in [0.05, 0.1) is 20.3 Å². The van der Waals surface area contributed by atoms with Gasteiger partial charge in [-0.15, -0.1) is 0 Å².